The molecule has 2 rings (SSSR count). The molecule has 0 heterocycles. The van der Waals surface area contributed by atoms with Gasteiger partial charge in [-0.1, -0.05) is 67.6 Å². The van der Waals surface area contributed by atoms with Crippen molar-refractivity contribution in [3.05, 3.63) is 71.8 Å². The van der Waals surface area contributed by atoms with Crippen molar-refractivity contribution in [2.75, 3.05) is 0 Å². The molecule has 0 saturated heterocycles. The highest BCUT2D eigenvalue weighted by Gasteiger charge is 2.31. The highest BCUT2D eigenvalue weighted by molar-refractivity contribution is 5.40. The van der Waals surface area contributed by atoms with Crippen LogP contribution in [0.4, 0.5) is 0 Å². The van der Waals surface area contributed by atoms with Crippen LogP contribution < -0.4 is 0 Å². The van der Waals surface area contributed by atoms with Gasteiger partial charge in [0.1, 0.15) is 0 Å². The van der Waals surface area contributed by atoms with E-state index in [0.29, 0.717) is 6.42 Å². The van der Waals surface area contributed by atoms with Crippen LogP contribution in [0.3, 0.4) is 0 Å². The van der Waals surface area contributed by atoms with Crippen molar-refractivity contribution in [3.8, 4) is 6.07 Å². The van der Waals surface area contributed by atoms with Gasteiger partial charge < -0.3 is 0 Å². The molecule has 90 valence electrons. The summed E-state index contributed by atoms with van der Waals surface area (Å²) in [4.78, 5) is 0. The summed E-state index contributed by atoms with van der Waals surface area (Å²) in [5.74, 6) is 0. The second-order valence-electron chi connectivity index (χ2n) is 4.50. The highest BCUT2D eigenvalue weighted by atomic mass is 14.4. The van der Waals surface area contributed by atoms with E-state index in [9.17, 15) is 5.26 Å². The molecule has 0 unspecified atom stereocenters. The van der Waals surface area contributed by atoms with E-state index in [1.54, 1.807) is 0 Å². The van der Waals surface area contributed by atoms with Crippen LogP contribution >= 0.6 is 0 Å². The van der Waals surface area contributed by atoms with E-state index in [0.717, 1.165) is 6.42 Å². The van der Waals surface area contributed by atoms with Crippen LogP contribution in [-0.4, -0.2) is 0 Å². The topological polar surface area (TPSA) is 23.8 Å². The number of hydrogen-bond acceptors (Lipinski definition) is 1. The lowest BCUT2D eigenvalue weighted by atomic mass is 9.70. The summed E-state index contributed by atoms with van der Waals surface area (Å²) in [6.07, 6.45) is 1.44. The van der Waals surface area contributed by atoms with E-state index < -0.39 is 0 Å². The second kappa shape index (κ2) is 5.51. The molecule has 0 radical (unpaired) electrons. The Morgan fingerprint density at radius 3 is 1.67 bits per heavy atom. The number of rotatable bonds is 4. The van der Waals surface area contributed by atoms with Crippen molar-refractivity contribution >= 4 is 0 Å². The Morgan fingerprint density at radius 1 is 0.889 bits per heavy atom. The number of nitrogens with zero attached hydrogens (tertiary/aromatic N) is 1. The lowest BCUT2D eigenvalue weighted by Crippen LogP contribution is -2.26. The van der Waals surface area contributed by atoms with Gasteiger partial charge in [0.15, 0.2) is 0 Å². The first-order valence-electron chi connectivity index (χ1n) is 6.31. The molecule has 0 N–H and O–H groups in total. The normalized spacial score (nSPS) is 10.9. The van der Waals surface area contributed by atoms with E-state index in [4.69, 9.17) is 0 Å². The lowest BCUT2D eigenvalue weighted by molar-refractivity contribution is 0.507. The SMILES string of the molecule is CCC(CC#N)(c1ccccc1)c1ccccc1. The molecule has 0 fully saturated rings. The van der Waals surface area contributed by atoms with Crippen LogP contribution in [0.15, 0.2) is 60.7 Å². The van der Waals surface area contributed by atoms with Crippen molar-refractivity contribution in [1.82, 2.24) is 0 Å². The van der Waals surface area contributed by atoms with E-state index in [1.807, 2.05) is 36.4 Å². The molecule has 18 heavy (non-hydrogen) atoms. The summed E-state index contributed by atoms with van der Waals surface area (Å²) in [5, 5.41) is 9.21. The van der Waals surface area contributed by atoms with E-state index in [1.165, 1.54) is 11.1 Å². The van der Waals surface area contributed by atoms with Gasteiger partial charge in [-0.3, -0.25) is 0 Å². The zero-order valence-electron chi connectivity index (χ0n) is 10.6. The Labute approximate surface area is 109 Å². The average Bonchev–Trinajstić information content (AvgIpc) is 2.47. The van der Waals surface area contributed by atoms with Gasteiger partial charge in [-0.15, -0.1) is 0 Å². The van der Waals surface area contributed by atoms with Gasteiger partial charge in [0.05, 0.1) is 6.07 Å². The third kappa shape index (κ3) is 2.15. The van der Waals surface area contributed by atoms with Gasteiger partial charge in [0.2, 0.25) is 0 Å². The van der Waals surface area contributed by atoms with Gasteiger partial charge in [-0.25, -0.2) is 0 Å². The number of nitriles is 1. The van der Waals surface area contributed by atoms with Gasteiger partial charge in [0.25, 0.3) is 0 Å². The zero-order chi connectivity index (χ0) is 12.8. The molecule has 1 nitrogen and oxygen atoms in total. The molecule has 0 atom stereocenters. The van der Waals surface area contributed by atoms with Crippen molar-refractivity contribution in [1.29, 1.82) is 5.26 Å². The molecule has 0 bridgehead atoms. The molecule has 0 amide bonds. The quantitative estimate of drug-likeness (QED) is 0.775. The molecule has 1 heteroatoms. The van der Waals surface area contributed by atoms with Crippen LogP contribution in [0.25, 0.3) is 0 Å². The van der Waals surface area contributed by atoms with Crippen molar-refractivity contribution in [2.45, 2.75) is 25.2 Å². The maximum absolute atomic E-state index is 9.21. The Hall–Kier alpha value is -2.07. The second-order valence-corrected chi connectivity index (χ2v) is 4.50. The van der Waals surface area contributed by atoms with Crippen LogP contribution in [0, 0.1) is 11.3 Å². The van der Waals surface area contributed by atoms with Crippen molar-refractivity contribution < 1.29 is 0 Å². The molecular weight excluding hydrogens is 218 g/mol. The van der Waals surface area contributed by atoms with Crippen LogP contribution in [-0.2, 0) is 5.41 Å². The summed E-state index contributed by atoms with van der Waals surface area (Å²) in [5.41, 5.74) is 2.26. The molecule has 0 aromatic heterocycles. The summed E-state index contributed by atoms with van der Waals surface area (Å²) in [7, 11) is 0. The summed E-state index contributed by atoms with van der Waals surface area (Å²) >= 11 is 0. The maximum atomic E-state index is 9.21. The van der Waals surface area contributed by atoms with Gasteiger partial charge >= 0.3 is 0 Å². The number of hydrogen-bond donors (Lipinski definition) is 0. The molecule has 0 saturated carbocycles. The molecule has 0 aliphatic carbocycles. The van der Waals surface area contributed by atoms with Crippen molar-refractivity contribution in [3.63, 3.8) is 0 Å². The van der Waals surface area contributed by atoms with E-state index in [2.05, 4.69) is 37.3 Å². The predicted octanol–water partition coefficient (Wildman–Crippen LogP) is 4.30. The summed E-state index contributed by atoms with van der Waals surface area (Å²) < 4.78 is 0. The first-order valence-corrected chi connectivity index (χ1v) is 6.31. The minimum atomic E-state index is -0.183. The first-order chi connectivity index (χ1) is 8.83. The Morgan fingerprint density at radius 2 is 1.33 bits per heavy atom. The molecule has 0 aliphatic rings. The van der Waals surface area contributed by atoms with Crippen LogP contribution in [0.5, 0.6) is 0 Å². The Bertz CT molecular complexity index is 483. The Kier molecular flexibility index (Phi) is 3.79. The summed E-state index contributed by atoms with van der Waals surface area (Å²) in [6.45, 7) is 2.15. The van der Waals surface area contributed by atoms with Gasteiger partial charge in [-0.2, -0.15) is 5.26 Å². The number of benzene rings is 2. The van der Waals surface area contributed by atoms with Gasteiger partial charge in [0, 0.05) is 11.8 Å². The zero-order valence-corrected chi connectivity index (χ0v) is 10.6. The Balaban J connectivity index is 2.58. The third-order valence-corrected chi connectivity index (χ3v) is 3.64. The highest BCUT2D eigenvalue weighted by Crippen LogP contribution is 2.38. The minimum absolute atomic E-state index is 0.183. The molecule has 0 aliphatic heterocycles. The predicted molar refractivity (Wildman–Crippen MR) is 74.2 cm³/mol. The third-order valence-electron chi connectivity index (χ3n) is 3.64. The monoisotopic (exact) mass is 235 g/mol. The molecule has 2 aromatic carbocycles. The van der Waals surface area contributed by atoms with E-state index in [-0.39, 0.29) is 5.41 Å². The first kappa shape index (κ1) is 12.4. The lowest BCUT2D eigenvalue weighted by Gasteiger charge is -2.31. The van der Waals surface area contributed by atoms with E-state index >= 15 is 0 Å². The fourth-order valence-electron chi connectivity index (χ4n) is 2.55. The molecular formula is C17H17N. The standard InChI is InChI=1S/C17H17N/c1-2-17(13-14-18,15-9-5-3-6-10-15)16-11-7-4-8-12-16/h3-12H,2,13H2,1H3. The van der Waals surface area contributed by atoms with Gasteiger partial charge in [-0.05, 0) is 17.5 Å². The van der Waals surface area contributed by atoms with Crippen molar-refractivity contribution in [2.24, 2.45) is 0 Å². The largest absolute Gasteiger partial charge is 0.198 e. The fraction of sp³-hybridized carbons (Fsp3) is 0.235. The van der Waals surface area contributed by atoms with Crippen LogP contribution in [0.1, 0.15) is 30.9 Å². The molecule has 2 aromatic rings. The van der Waals surface area contributed by atoms with Crippen LogP contribution in [0.2, 0.25) is 0 Å². The molecule has 0 spiro atoms. The minimum Gasteiger partial charge on any atom is -0.198 e. The summed E-state index contributed by atoms with van der Waals surface area (Å²) in [6, 6.07) is 23.0. The average molecular weight is 235 g/mol. The maximum Gasteiger partial charge on any atom is 0.0634 e. The smallest absolute Gasteiger partial charge is 0.0634 e. The fourth-order valence-corrected chi connectivity index (χ4v) is 2.55.